The minimum Gasteiger partial charge on any atom is -0.474 e. The summed E-state index contributed by atoms with van der Waals surface area (Å²) >= 11 is 0. The van der Waals surface area contributed by atoms with Gasteiger partial charge in [0.15, 0.2) is 0 Å². The lowest BCUT2D eigenvalue weighted by atomic mass is 10.1. The van der Waals surface area contributed by atoms with Crippen LogP contribution in [-0.4, -0.2) is 45.8 Å². The second-order valence-electron chi connectivity index (χ2n) is 6.46. The third kappa shape index (κ3) is 4.75. The lowest BCUT2D eigenvalue weighted by Crippen LogP contribution is -2.44. The maximum absolute atomic E-state index is 12.0. The predicted octanol–water partition coefficient (Wildman–Crippen LogP) is 2.15. The number of hydrogen-bond donors (Lipinski definition) is 1. The number of hydrogen-bond acceptors (Lipinski definition) is 6. The molecule has 0 radical (unpaired) electrons. The van der Waals surface area contributed by atoms with E-state index in [1.54, 1.807) is 17.9 Å². The molecule has 0 unspecified atom stereocenters. The molecule has 0 saturated carbocycles. The van der Waals surface area contributed by atoms with E-state index in [4.69, 9.17) is 15.2 Å². The van der Waals surface area contributed by atoms with Gasteiger partial charge in [-0.25, -0.2) is 9.78 Å². The van der Waals surface area contributed by atoms with Crippen LogP contribution in [0.2, 0.25) is 0 Å². The Bertz CT molecular complexity index is 514. The van der Waals surface area contributed by atoms with Crippen LogP contribution in [0.4, 0.5) is 10.6 Å². The number of carbonyl (C=O) groups is 1. The summed E-state index contributed by atoms with van der Waals surface area (Å²) in [5, 5.41) is 0. The van der Waals surface area contributed by atoms with Crippen molar-refractivity contribution in [3.63, 3.8) is 0 Å². The van der Waals surface area contributed by atoms with Crippen LogP contribution >= 0.6 is 0 Å². The Kier molecular flexibility index (Phi) is 4.73. The van der Waals surface area contributed by atoms with Crippen LogP contribution in [0.15, 0.2) is 6.07 Å². The molecule has 1 saturated heterocycles. The molecule has 7 nitrogen and oxygen atoms in total. The summed E-state index contributed by atoms with van der Waals surface area (Å²) in [5.74, 6) is 1.47. The van der Waals surface area contributed by atoms with Crippen molar-refractivity contribution in [3.8, 4) is 5.88 Å². The zero-order chi connectivity index (χ0) is 16.3. The van der Waals surface area contributed by atoms with E-state index in [-0.39, 0.29) is 12.2 Å². The SMILES string of the molecule is Cc1nc(N)cc(OC2CCN(C(=O)OC(C)(C)C)CC2)n1. The highest BCUT2D eigenvalue weighted by atomic mass is 16.6. The molecular formula is C15H24N4O3. The van der Waals surface area contributed by atoms with Crippen molar-refractivity contribution in [2.45, 2.75) is 52.2 Å². The number of nitrogen functional groups attached to an aromatic ring is 1. The molecule has 0 atom stereocenters. The Morgan fingerprint density at radius 1 is 1.32 bits per heavy atom. The highest BCUT2D eigenvalue weighted by Crippen LogP contribution is 2.20. The van der Waals surface area contributed by atoms with E-state index in [1.165, 1.54) is 0 Å². The van der Waals surface area contributed by atoms with Crippen molar-refractivity contribution < 1.29 is 14.3 Å². The van der Waals surface area contributed by atoms with Crippen LogP contribution in [0, 0.1) is 6.92 Å². The molecule has 2 heterocycles. The Morgan fingerprint density at radius 2 is 1.95 bits per heavy atom. The number of rotatable bonds is 2. The van der Waals surface area contributed by atoms with Crippen molar-refractivity contribution in [1.82, 2.24) is 14.9 Å². The maximum Gasteiger partial charge on any atom is 0.410 e. The Morgan fingerprint density at radius 3 is 2.50 bits per heavy atom. The average Bonchev–Trinajstić information content (AvgIpc) is 2.36. The first-order valence-electron chi connectivity index (χ1n) is 7.49. The normalized spacial score (nSPS) is 16.5. The molecule has 1 amide bonds. The van der Waals surface area contributed by atoms with E-state index in [0.29, 0.717) is 30.6 Å². The third-order valence-electron chi connectivity index (χ3n) is 3.22. The zero-order valence-electron chi connectivity index (χ0n) is 13.6. The van der Waals surface area contributed by atoms with Gasteiger partial charge in [0, 0.05) is 32.0 Å². The maximum atomic E-state index is 12.0. The van der Waals surface area contributed by atoms with Crippen molar-refractivity contribution in [2.75, 3.05) is 18.8 Å². The number of aryl methyl sites for hydroxylation is 1. The highest BCUT2D eigenvalue weighted by Gasteiger charge is 2.27. The predicted molar refractivity (Wildman–Crippen MR) is 82.6 cm³/mol. The molecule has 22 heavy (non-hydrogen) atoms. The second kappa shape index (κ2) is 6.37. The summed E-state index contributed by atoms with van der Waals surface area (Å²) in [4.78, 5) is 21.9. The van der Waals surface area contributed by atoms with Gasteiger partial charge >= 0.3 is 6.09 Å². The number of ether oxygens (including phenoxy) is 2. The van der Waals surface area contributed by atoms with Crippen molar-refractivity contribution >= 4 is 11.9 Å². The van der Waals surface area contributed by atoms with Gasteiger partial charge in [-0.3, -0.25) is 0 Å². The van der Waals surface area contributed by atoms with Gasteiger partial charge in [-0.2, -0.15) is 4.98 Å². The number of nitrogens with two attached hydrogens (primary N) is 1. The summed E-state index contributed by atoms with van der Waals surface area (Å²) < 4.78 is 11.2. The number of piperidine rings is 1. The van der Waals surface area contributed by atoms with Crippen molar-refractivity contribution in [1.29, 1.82) is 0 Å². The molecule has 2 N–H and O–H groups in total. The molecule has 1 aromatic rings. The topological polar surface area (TPSA) is 90.6 Å². The van der Waals surface area contributed by atoms with E-state index >= 15 is 0 Å². The monoisotopic (exact) mass is 308 g/mol. The summed E-state index contributed by atoms with van der Waals surface area (Å²) in [7, 11) is 0. The van der Waals surface area contributed by atoms with E-state index in [1.807, 2.05) is 20.8 Å². The van der Waals surface area contributed by atoms with E-state index in [9.17, 15) is 4.79 Å². The number of anilines is 1. The summed E-state index contributed by atoms with van der Waals surface area (Å²) in [6.45, 7) is 8.58. The molecule has 1 fully saturated rings. The number of aromatic nitrogens is 2. The van der Waals surface area contributed by atoms with Crippen molar-refractivity contribution in [3.05, 3.63) is 11.9 Å². The molecule has 0 aliphatic carbocycles. The molecule has 1 aliphatic heterocycles. The fraction of sp³-hybridized carbons (Fsp3) is 0.667. The molecule has 0 spiro atoms. The van der Waals surface area contributed by atoms with E-state index in [2.05, 4.69) is 9.97 Å². The number of carbonyl (C=O) groups excluding carboxylic acids is 1. The summed E-state index contributed by atoms with van der Waals surface area (Å²) in [6, 6.07) is 1.62. The average molecular weight is 308 g/mol. The minimum absolute atomic E-state index is 0.0207. The Balaban J connectivity index is 1.86. The van der Waals surface area contributed by atoms with Crippen LogP contribution in [0.5, 0.6) is 5.88 Å². The van der Waals surface area contributed by atoms with Gasteiger partial charge < -0.3 is 20.1 Å². The first-order chi connectivity index (χ1) is 10.2. The number of amides is 1. The summed E-state index contributed by atoms with van der Waals surface area (Å²) in [5.41, 5.74) is 5.21. The lowest BCUT2D eigenvalue weighted by Gasteiger charge is -2.33. The van der Waals surface area contributed by atoms with Crippen LogP contribution in [0.3, 0.4) is 0 Å². The van der Waals surface area contributed by atoms with E-state index in [0.717, 1.165) is 12.8 Å². The lowest BCUT2D eigenvalue weighted by molar-refractivity contribution is 0.0123. The van der Waals surface area contributed by atoms with Crippen molar-refractivity contribution in [2.24, 2.45) is 0 Å². The fourth-order valence-electron chi connectivity index (χ4n) is 2.28. The summed E-state index contributed by atoms with van der Waals surface area (Å²) in [6.07, 6.45) is 1.23. The molecule has 0 aromatic carbocycles. The molecule has 122 valence electrons. The molecule has 2 rings (SSSR count). The number of nitrogens with zero attached hydrogens (tertiary/aromatic N) is 3. The molecular weight excluding hydrogens is 284 g/mol. The molecule has 1 aromatic heterocycles. The standard InChI is InChI=1S/C15H24N4O3/c1-10-17-12(16)9-13(18-10)21-11-5-7-19(8-6-11)14(20)22-15(2,3)4/h9,11H,5-8H2,1-4H3,(H2,16,17,18). The Hall–Kier alpha value is -2.05. The van der Waals surface area contributed by atoms with Gasteiger partial charge in [-0.15, -0.1) is 0 Å². The first-order valence-corrected chi connectivity index (χ1v) is 7.49. The first kappa shape index (κ1) is 16.3. The number of likely N-dealkylation sites (tertiary alicyclic amines) is 1. The third-order valence-corrected chi connectivity index (χ3v) is 3.22. The fourth-order valence-corrected chi connectivity index (χ4v) is 2.28. The molecule has 0 bridgehead atoms. The van der Waals surface area contributed by atoms with Gasteiger partial charge in [0.1, 0.15) is 23.3 Å². The Labute approximate surface area is 130 Å². The molecule has 1 aliphatic rings. The van der Waals surface area contributed by atoms with Crippen LogP contribution in [-0.2, 0) is 4.74 Å². The highest BCUT2D eigenvalue weighted by molar-refractivity contribution is 5.68. The minimum atomic E-state index is -0.472. The van der Waals surface area contributed by atoms with Gasteiger partial charge in [0.25, 0.3) is 0 Å². The van der Waals surface area contributed by atoms with Crippen LogP contribution in [0.25, 0.3) is 0 Å². The van der Waals surface area contributed by atoms with Gasteiger partial charge in [-0.1, -0.05) is 0 Å². The van der Waals surface area contributed by atoms with Crippen LogP contribution in [0.1, 0.15) is 39.4 Å². The van der Waals surface area contributed by atoms with Gasteiger partial charge in [0.2, 0.25) is 5.88 Å². The zero-order valence-corrected chi connectivity index (χ0v) is 13.6. The van der Waals surface area contributed by atoms with Crippen LogP contribution < -0.4 is 10.5 Å². The smallest absolute Gasteiger partial charge is 0.410 e. The molecule has 7 heteroatoms. The largest absolute Gasteiger partial charge is 0.474 e. The van der Waals surface area contributed by atoms with Gasteiger partial charge in [-0.05, 0) is 27.7 Å². The second-order valence-corrected chi connectivity index (χ2v) is 6.46. The van der Waals surface area contributed by atoms with Gasteiger partial charge in [0.05, 0.1) is 0 Å². The van der Waals surface area contributed by atoms with E-state index < -0.39 is 5.60 Å². The quantitative estimate of drug-likeness (QED) is 0.900.